The molecule has 1 aliphatic heterocycles. The van der Waals surface area contributed by atoms with Gasteiger partial charge in [-0.2, -0.15) is 5.10 Å². The number of amides is 2. The van der Waals surface area contributed by atoms with Crippen molar-refractivity contribution < 1.29 is 9.53 Å². The molecule has 0 bridgehead atoms. The van der Waals surface area contributed by atoms with Crippen LogP contribution in [0.15, 0.2) is 12.3 Å². The summed E-state index contributed by atoms with van der Waals surface area (Å²) in [4.78, 5) is 14.2. The molecule has 2 amide bonds. The van der Waals surface area contributed by atoms with Gasteiger partial charge in [-0.25, -0.2) is 9.48 Å². The van der Waals surface area contributed by atoms with E-state index in [2.05, 4.69) is 24.3 Å². The summed E-state index contributed by atoms with van der Waals surface area (Å²) in [6.45, 7) is 9.40. The van der Waals surface area contributed by atoms with E-state index in [0.29, 0.717) is 13.2 Å². The van der Waals surface area contributed by atoms with Gasteiger partial charge in [0.2, 0.25) is 0 Å². The zero-order valence-corrected chi connectivity index (χ0v) is 12.7. The lowest BCUT2D eigenvalue weighted by Crippen LogP contribution is -2.52. The second kappa shape index (κ2) is 6.26. The summed E-state index contributed by atoms with van der Waals surface area (Å²) in [6.07, 6.45) is 2.75. The van der Waals surface area contributed by atoms with Gasteiger partial charge >= 0.3 is 6.03 Å². The number of hydrogen-bond acceptors (Lipinski definition) is 3. The van der Waals surface area contributed by atoms with Gasteiger partial charge < -0.3 is 9.64 Å². The van der Waals surface area contributed by atoms with Crippen LogP contribution < -0.4 is 5.32 Å². The summed E-state index contributed by atoms with van der Waals surface area (Å²) in [5.41, 5.74) is 0. The summed E-state index contributed by atoms with van der Waals surface area (Å²) in [7, 11) is 0. The first-order chi connectivity index (χ1) is 9.54. The number of morpholine rings is 1. The highest BCUT2D eigenvalue weighted by molar-refractivity contribution is 5.88. The fourth-order valence-corrected chi connectivity index (χ4v) is 2.34. The zero-order valence-electron chi connectivity index (χ0n) is 12.7. The van der Waals surface area contributed by atoms with E-state index in [9.17, 15) is 4.79 Å². The molecule has 6 heteroatoms. The molecule has 112 valence electrons. The summed E-state index contributed by atoms with van der Waals surface area (Å²) in [5, 5.41) is 7.24. The summed E-state index contributed by atoms with van der Waals surface area (Å²) < 4.78 is 7.40. The molecule has 0 aromatic carbocycles. The third kappa shape index (κ3) is 2.95. The van der Waals surface area contributed by atoms with Gasteiger partial charge in [0.1, 0.15) is 5.82 Å². The molecule has 6 nitrogen and oxygen atoms in total. The molecule has 2 rings (SSSR count). The van der Waals surface area contributed by atoms with Crippen LogP contribution in [0, 0.1) is 0 Å². The minimum absolute atomic E-state index is 0.0639. The number of nitrogens with zero attached hydrogens (tertiary/aromatic N) is 3. The second-order valence-electron chi connectivity index (χ2n) is 5.36. The van der Waals surface area contributed by atoms with E-state index in [1.807, 2.05) is 29.5 Å². The number of hydrogen-bond donors (Lipinski definition) is 1. The molecule has 1 aromatic rings. The molecule has 0 aliphatic carbocycles. The Bertz CT molecular complexity index is 460. The minimum Gasteiger partial charge on any atom is -0.375 e. The van der Waals surface area contributed by atoms with Crippen molar-refractivity contribution in [1.82, 2.24) is 14.7 Å². The van der Waals surface area contributed by atoms with Crippen LogP contribution in [0.3, 0.4) is 0 Å². The Balaban J connectivity index is 2.06. The molecule has 20 heavy (non-hydrogen) atoms. The van der Waals surface area contributed by atoms with Gasteiger partial charge in [0, 0.05) is 12.6 Å². The normalized spacial score (nSPS) is 24.5. The first-order valence-electron chi connectivity index (χ1n) is 7.27. The Hall–Kier alpha value is -1.56. The number of carbonyl (C=O) groups excluding carboxylic acids is 1. The number of rotatable bonds is 3. The van der Waals surface area contributed by atoms with E-state index in [4.69, 9.17) is 4.74 Å². The molecule has 3 atom stereocenters. The molecule has 1 aliphatic rings. The molecule has 0 saturated carbocycles. The van der Waals surface area contributed by atoms with Crippen molar-refractivity contribution in [3.05, 3.63) is 12.3 Å². The van der Waals surface area contributed by atoms with Crippen molar-refractivity contribution in [3.63, 3.8) is 0 Å². The highest BCUT2D eigenvalue weighted by Gasteiger charge is 2.29. The lowest BCUT2D eigenvalue weighted by molar-refractivity contribution is -0.0355. The van der Waals surface area contributed by atoms with Crippen molar-refractivity contribution in [3.8, 4) is 0 Å². The number of nitrogens with one attached hydrogen (secondary N) is 1. The zero-order chi connectivity index (χ0) is 14.7. The topological polar surface area (TPSA) is 59.4 Å². The predicted octanol–water partition coefficient (Wildman–Crippen LogP) is 2.50. The average molecular weight is 280 g/mol. The Kier molecular flexibility index (Phi) is 4.65. The van der Waals surface area contributed by atoms with Gasteiger partial charge in [0.25, 0.3) is 0 Å². The monoisotopic (exact) mass is 280 g/mol. The van der Waals surface area contributed by atoms with Crippen LogP contribution in [-0.2, 0) is 4.74 Å². The maximum atomic E-state index is 12.4. The Labute approximate surface area is 120 Å². The van der Waals surface area contributed by atoms with Crippen molar-refractivity contribution in [1.29, 1.82) is 0 Å². The van der Waals surface area contributed by atoms with Gasteiger partial charge in [0.05, 0.1) is 31.0 Å². The van der Waals surface area contributed by atoms with Crippen molar-refractivity contribution >= 4 is 11.8 Å². The van der Waals surface area contributed by atoms with Gasteiger partial charge in [-0.05, 0) is 27.2 Å². The van der Waals surface area contributed by atoms with E-state index in [0.717, 1.165) is 12.2 Å². The summed E-state index contributed by atoms with van der Waals surface area (Å²) in [6, 6.07) is 2.08. The van der Waals surface area contributed by atoms with Crippen LogP contribution in [0.5, 0.6) is 0 Å². The van der Waals surface area contributed by atoms with Crippen LogP contribution in [0.2, 0.25) is 0 Å². The van der Waals surface area contributed by atoms with Crippen LogP contribution in [0.25, 0.3) is 0 Å². The summed E-state index contributed by atoms with van der Waals surface area (Å²) in [5.74, 6) is 0.746. The van der Waals surface area contributed by atoms with E-state index in [-0.39, 0.29) is 24.2 Å². The van der Waals surface area contributed by atoms with Crippen molar-refractivity contribution in [2.45, 2.75) is 52.3 Å². The lowest BCUT2D eigenvalue weighted by atomic mass is 10.1. The number of anilines is 1. The fourth-order valence-electron chi connectivity index (χ4n) is 2.34. The Morgan fingerprint density at radius 1 is 1.60 bits per heavy atom. The summed E-state index contributed by atoms with van der Waals surface area (Å²) >= 11 is 0. The molecule has 0 spiro atoms. The maximum absolute atomic E-state index is 12.4. The Morgan fingerprint density at radius 3 is 3.05 bits per heavy atom. The maximum Gasteiger partial charge on any atom is 0.323 e. The number of carbonyl (C=O) groups is 1. The molecular formula is C14H24N4O2. The highest BCUT2D eigenvalue weighted by Crippen LogP contribution is 2.19. The van der Waals surface area contributed by atoms with Crippen molar-refractivity contribution in [2.24, 2.45) is 0 Å². The minimum atomic E-state index is -0.0855. The van der Waals surface area contributed by atoms with E-state index in [1.165, 1.54) is 0 Å². The first-order valence-corrected chi connectivity index (χ1v) is 7.27. The number of aromatic nitrogens is 2. The Morgan fingerprint density at radius 2 is 2.35 bits per heavy atom. The van der Waals surface area contributed by atoms with Crippen LogP contribution in [0.4, 0.5) is 10.6 Å². The molecule has 1 fully saturated rings. The molecule has 1 N–H and O–H groups in total. The molecule has 3 unspecified atom stereocenters. The quantitative estimate of drug-likeness (QED) is 0.925. The molecular weight excluding hydrogens is 256 g/mol. The average Bonchev–Trinajstić information content (AvgIpc) is 2.89. The number of ether oxygens (including phenoxy) is 1. The second-order valence-corrected chi connectivity index (χ2v) is 5.36. The SMILES string of the molecule is CCC(C)n1nccc1NC(=O)N1CCOC(C)C1C. The molecule has 1 saturated heterocycles. The third-order valence-corrected chi connectivity index (χ3v) is 4.06. The predicted molar refractivity (Wildman–Crippen MR) is 77.8 cm³/mol. The number of urea groups is 1. The van der Waals surface area contributed by atoms with Crippen molar-refractivity contribution in [2.75, 3.05) is 18.5 Å². The van der Waals surface area contributed by atoms with E-state index in [1.54, 1.807) is 6.20 Å². The molecule has 2 heterocycles. The van der Waals surface area contributed by atoms with E-state index < -0.39 is 0 Å². The fraction of sp³-hybridized carbons (Fsp3) is 0.714. The van der Waals surface area contributed by atoms with Gasteiger partial charge in [-0.1, -0.05) is 6.92 Å². The largest absolute Gasteiger partial charge is 0.375 e. The highest BCUT2D eigenvalue weighted by atomic mass is 16.5. The van der Waals surface area contributed by atoms with E-state index >= 15 is 0 Å². The van der Waals surface area contributed by atoms with Crippen LogP contribution >= 0.6 is 0 Å². The molecule has 1 aromatic heterocycles. The smallest absolute Gasteiger partial charge is 0.323 e. The van der Waals surface area contributed by atoms with Gasteiger partial charge in [0.15, 0.2) is 0 Å². The van der Waals surface area contributed by atoms with Crippen LogP contribution in [0.1, 0.15) is 40.2 Å². The molecule has 0 radical (unpaired) electrons. The third-order valence-electron chi connectivity index (χ3n) is 4.06. The van der Waals surface area contributed by atoms with Crippen LogP contribution in [-0.4, -0.2) is 46.0 Å². The lowest BCUT2D eigenvalue weighted by Gasteiger charge is -2.37. The van der Waals surface area contributed by atoms with Gasteiger partial charge in [-0.15, -0.1) is 0 Å². The standard InChI is InChI=1S/C14H24N4O2/c1-5-10(2)18-13(6-7-15-18)16-14(19)17-8-9-20-12(4)11(17)3/h6-7,10-12H,5,8-9H2,1-4H3,(H,16,19). The van der Waals surface area contributed by atoms with Gasteiger partial charge in [-0.3, -0.25) is 5.32 Å². The first kappa shape index (κ1) is 14.8.